The van der Waals surface area contributed by atoms with Gasteiger partial charge in [-0.2, -0.15) is 5.26 Å². The average Bonchev–Trinajstić information content (AvgIpc) is 2.54. The largest absolute Gasteiger partial charge is 0.299 e. The number of nitriles is 1. The van der Waals surface area contributed by atoms with Crippen LogP contribution >= 0.6 is 23.4 Å². The number of carbonyl (C=O) groups excluding carboxylic acids is 1. The molecular formula is C20H21ClN2OS. The lowest BCUT2D eigenvalue weighted by molar-refractivity contribution is -0.119. The van der Waals surface area contributed by atoms with Crippen molar-refractivity contribution in [1.82, 2.24) is 0 Å². The molecule has 2 atom stereocenters. The first-order valence-corrected chi connectivity index (χ1v) is 9.43. The van der Waals surface area contributed by atoms with E-state index in [0.717, 1.165) is 17.0 Å². The lowest BCUT2D eigenvalue weighted by Crippen LogP contribution is -2.31. The summed E-state index contributed by atoms with van der Waals surface area (Å²) in [5.74, 6) is -0.114. The Kier molecular flexibility index (Phi) is 6.64. The van der Waals surface area contributed by atoms with Gasteiger partial charge in [0.25, 0.3) is 0 Å². The van der Waals surface area contributed by atoms with Gasteiger partial charge in [-0.25, -0.2) is 4.99 Å². The monoisotopic (exact) mass is 372 g/mol. The topological polar surface area (TPSA) is 53.2 Å². The van der Waals surface area contributed by atoms with E-state index >= 15 is 0 Å². The van der Waals surface area contributed by atoms with E-state index in [1.54, 1.807) is 13.0 Å². The summed E-state index contributed by atoms with van der Waals surface area (Å²) in [6, 6.07) is 9.70. The van der Waals surface area contributed by atoms with Crippen LogP contribution in [0.2, 0.25) is 5.02 Å². The van der Waals surface area contributed by atoms with Gasteiger partial charge in [0.15, 0.2) is 0 Å². The second kappa shape index (κ2) is 8.51. The highest BCUT2D eigenvalue weighted by Crippen LogP contribution is 2.44. The molecule has 0 radical (unpaired) electrons. The normalized spacial score (nSPS) is 19.9. The van der Waals surface area contributed by atoms with Crippen molar-refractivity contribution in [2.24, 2.45) is 10.9 Å². The molecule has 0 amide bonds. The average molecular weight is 373 g/mol. The van der Waals surface area contributed by atoms with E-state index in [9.17, 15) is 10.1 Å². The molecule has 0 saturated carbocycles. The summed E-state index contributed by atoms with van der Waals surface area (Å²) in [4.78, 5) is 16.9. The van der Waals surface area contributed by atoms with E-state index in [1.165, 1.54) is 17.3 Å². The Balaban J connectivity index is 2.57. The summed E-state index contributed by atoms with van der Waals surface area (Å²) >= 11 is 7.91. The Morgan fingerprint density at radius 2 is 2.04 bits per heavy atom. The molecule has 5 heteroatoms. The number of halogens is 1. The first-order valence-electron chi connectivity index (χ1n) is 8.07. The number of hydrogen-bond donors (Lipinski definition) is 0. The lowest BCUT2D eigenvalue weighted by Gasteiger charge is -2.30. The van der Waals surface area contributed by atoms with Gasteiger partial charge < -0.3 is 0 Å². The predicted molar refractivity (Wildman–Crippen MR) is 106 cm³/mol. The van der Waals surface area contributed by atoms with Crippen molar-refractivity contribution in [2.45, 2.75) is 33.6 Å². The summed E-state index contributed by atoms with van der Waals surface area (Å²) in [5, 5.41) is 11.1. The Morgan fingerprint density at radius 3 is 2.60 bits per heavy atom. The van der Waals surface area contributed by atoms with Gasteiger partial charge in [0.1, 0.15) is 10.8 Å². The van der Waals surface area contributed by atoms with Crippen molar-refractivity contribution in [3.05, 3.63) is 57.1 Å². The third-order valence-electron chi connectivity index (χ3n) is 4.11. The molecule has 25 heavy (non-hydrogen) atoms. The Morgan fingerprint density at radius 1 is 1.36 bits per heavy atom. The minimum atomic E-state index is -0.456. The van der Waals surface area contributed by atoms with E-state index in [4.69, 9.17) is 11.6 Å². The van der Waals surface area contributed by atoms with Crippen molar-refractivity contribution in [1.29, 1.82) is 5.26 Å². The van der Waals surface area contributed by atoms with Crippen LogP contribution in [0.5, 0.6) is 0 Å². The highest BCUT2D eigenvalue weighted by Gasteiger charge is 2.38. The van der Waals surface area contributed by atoms with E-state index in [-0.39, 0.29) is 11.7 Å². The van der Waals surface area contributed by atoms with Gasteiger partial charge >= 0.3 is 0 Å². The molecule has 0 bridgehead atoms. The SMILES string of the molecule is CC(=O)C1C(C)=NC(SCC=C(C)C)=C(C#N)[C@H]1c1ccccc1Cl. The molecule has 130 valence electrons. The van der Waals surface area contributed by atoms with Crippen molar-refractivity contribution >= 4 is 34.9 Å². The quantitative estimate of drug-likeness (QED) is 0.638. The molecular weight excluding hydrogens is 352 g/mol. The van der Waals surface area contributed by atoms with Crippen LogP contribution < -0.4 is 0 Å². The van der Waals surface area contributed by atoms with Crippen LogP contribution in [0.15, 0.2) is 51.5 Å². The number of allylic oxidation sites excluding steroid dienone is 2. The number of aliphatic imine (C=N–C) groups is 1. The number of nitrogens with zero attached hydrogens (tertiary/aromatic N) is 2. The molecule has 0 aromatic heterocycles. The number of Topliss-reactive ketones (excluding diaryl/α,β-unsaturated/α-hetero) is 1. The van der Waals surface area contributed by atoms with Crippen molar-refractivity contribution in [3.8, 4) is 6.07 Å². The highest BCUT2D eigenvalue weighted by molar-refractivity contribution is 8.03. The van der Waals surface area contributed by atoms with Crippen LogP contribution in [0, 0.1) is 17.2 Å². The van der Waals surface area contributed by atoms with Crippen LogP contribution in [0.25, 0.3) is 0 Å². The third kappa shape index (κ3) is 4.42. The van der Waals surface area contributed by atoms with Gasteiger partial charge in [-0.15, -0.1) is 11.8 Å². The van der Waals surface area contributed by atoms with E-state index < -0.39 is 5.92 Å². The van der Waals surface area contributed by atoms with Gasteiger partial charge in [0.2, 0.25) is 0 Å². The minimum absolute atomic E-state index is 0.00716. The summed E-state index contributed by atoms with van der Waals surface area (Å²) < 4.78 is 0. The first kappa shape index (κ1) is 19.5. The highest BCUT2D eigenvalue weighted by atomic mass is 35.5. The standard InChI is InChI=1S/C20H21ClN2OS/c1-12(2)9-10-25-20-16(11-22)19(15-7-5-6-8-17(15)21)18(14(4)24)13(3)23-20/h5-9,18-19H,10H2,1-4H3/t18?,19-/m1/s1. The van der Waals surface area contributed by atoms with Gasteiger partial charge in [0.05, 0.1) is 17.6 Å². The van der Waals surface area contributed by atoms with E-state index in [2.05, 4.69) is 17.1 Å². The zero-order valence-electron chi connectivity index (χ0n) is 14.8. The second-order valence-corrected chi connectivity index (χ2v) is 7.68. The number of hydrogen-bond acceptors (Lipinski definition) is 4. The number of benzene rings is 1. The predicted octanol–water partition coefficient (Wildman–Crippen LogP) is 5.54. The zero-order chi connectivity index (χ0) is 18.6. The second-order valence-electron chi connectivity index (χ2n) is 6.26. The van der Waals surface area contributed by atoms with E-state index in [1.807, 2.05) is 39.0 Å². The van der Waals surface area contributed by atoms with Gasteiger partial charge in [-0.05, 0) is 39.3 Å². The first-order chi connectivity index (χ1) is 11.9. The number of thioether (sulfide) groups is 1. The molecule has 0 aliphatic carbocycles. The van der Waals surface area contributed by atoms with Crippen LogP contribution in [0.3, 0.4) is 0 Å². The maximum atomic E-state index is 12.3. The molecule has 1 aromatic carbocycles. The molecule has 3 nitrogen and oxygen atoms in total. The fourth-order valence-electron chi connectivity index (χ4n) is 2.94. The number of carbonyl (C=O) groups is 1. The Labute approximate surface area is 158 Å². The fraction of sp³-hybridized carbons (Fsp3) is 0.350. The van der Waals surface area contributed by atoms with Crippen LogP contribution in [-0.4, -0.2) is 17.2 Å². The van der Waals surface area contributed by atoms with Gasteiger partial charge in [0, 0.05) is 22.4 Å². The molecule has 1 aromatic rings. The summed E-state index contributed by atoms with van der Waals surface area (Å²) in [7, 11) is 0. The molecule has 2 rings (SSSR count). The lowest BCUT2D eigenvalue weighted by atomic mass is 9.75. The van der Waals surface area contributed by atoms with Crippen LogP contribution in [0.4, 0.5) is 0 Å². The molecule has 1 heterocycles. The summed E-state index contributed by atoms with van der Waals surface area (Å²) in [6.07, 6.45) is 2.10. The maximum absolute atomic E-state index is 12.3. The van der Waals surface area contributed by atoms with Crippen molar-refractivity contribution in [3.63, 3.8) is 0 Å². The maximum Gasteiger partial charge on any atom is 0.139 e. The Bertz CT molecular complexity index is 813. The fourth-order valence-corrected chi connectivity index (χ4v) is 4.30. The zero-order valence-corrected chi connectivity index (χ0v) is 16.4. The minimum Gasteiger partial charge on any atom is -0.299 e. The Hall–Kier alpha value is -1.83. The van der Waals surface area contributed by atoms with Crippen molar-refractivity contribution < 1.29 is 4.79 Å². The summed E-state index contributed by atoms with van der Waals surface area (Å²) in [5.41, 5.74) is 3.27. The molecule has 1 aliphatic heterocycles. The van der Waals surface area contributed by atoms with Gasteiger partial charge in [-0.3, -0.25) is 4.79 Å². The van der Waals surface area contributed by atoms with Gasteiger partial charge in [-0.1, -0.05) is 41.4 Å². The number of rotatable bonds is 5. The molecule has 0 spiro atoms. The molecule has 0 saturated heterocycles. The van der Waals surface area contributed by atoms with Crippen LogP contribution in [-0.2, 0) is 4.79 Å². The smallest absolute Gasteiger partial charge is 0.139 e. The van der Waals surface area contributed by atoms with Crippen molar-refractivity contribution in [2.75, 3.05) is 5.75 Å². The molecule has 0 N–H and O–H groups in total. The molecule has 1 unspecified atom stereocenters. The number of ketones is 1. The molecule has 0 fully saturated rings. The summed E-state index contributed by atoms with van der Waals surface area (Å²) in [6.45, 7) is 7.47. The van der Waals surface area contributed by atoms with Crippen LogP contribution in [0.1, 0.15) is 39.2 Å². The van der Waals surface area contributed by atoms with E-state index in [0.29, 0.717) is 15.6 Å². The molecule has 1 aliphatic rings. The third-order valence-corrected chi connectivity index (χ3v) is 5.38.